The average Bonchev–Trinajstić information content (AvgIpc) is 2.74. The van der Waals surface area contributed by atoms with E-state index in [1.165, 1.54) is 25.7 Å². The van der Waals surface area contributed by atoms with E-state index in [1.54, 1.807) is 0 Å². The molecule has 1 heterocycles. The van der Waals surface area contributed by atoms with E-state index < -0.39 is 0 Å². The zero-order chi connectivity index (χ0) is 19.8. The van der Waals surface area contributed by atoms with Crippen LogP contribution in [-0.2, 0) is 6.54 Å². The van der Waals surface area contributed by atoms with Crippen molar-refractivity contribution >= 4 is 10.9 Å². The third kappa shape index (κ3) is 4.87. The van der Waals surface area contributed by atoms with Crippen LogP contribution in [0.2, 0.25) is 0 Å². The summed E-state index contributed by atoms with van der Waals surface area (Å²) in [7, 11) is 0. The summed E-state index contributed by atoms with van der Waals surface area (Å²) in [5.74, 6) is 0.894. The van der Waals surface area contributed by atoms with Gasteiger partial charge in [0.2, 0.25) is 0 Å². The minimum Gasteiger partial charge on any atom is -0.338 e. The zero-order valence-corrected chi connectivity index (χ0v) is 17.1. The van der Waals surface area contributed by atoms with Gasteiger partial charge in [-0.15, -0.1) is 0 Å². The molecule has 0 aliphatic rings. The Morgan fingerprint density at radius 3 is 2.46 bits per heavy atom. The largest absolute Gasteiger partial charge is 0.338 e. The predicted octanol–water partition coefficient (Wildman–Crippen LogP) is 4.04. The molecule has 1 atom stereocenters. The van der Waals surface area contributed by atoms with E-state index in [1.807, 2.05) is 47.0 Å². The lowest BCUT2D eigenvalue weighted by Gasteiger charge is -2.19. The minimum atomic E-state index is 0.0577. The summed E-state index contributed by atoms with van der Waals surface area (Å²) >= 11 is 0. The quantitative estimate of drug-likeness (QED) is 0.541. The highest BCUT2D eigenvalue weighted by Crippen LogP contribution is 2.15. The van der Waals surface area contributed by atoms with E-state index >= 15 is 0 Å². The molecule has 0 saturated carbocycles. The lowest BCUT2D eigenvalue weighted by atomic mass is 10.1. The first kappa shape index (κ1) is 20.3. The molecule has 0 saturated heterocycles. The van der Waals surface area contributed by atoms with Crippen molar-refractivity contribution in [1.29, 1.82) is 0 Å². The van der Waals surface area contributed by atoms with Gasteiger partial charge in [-0.25, -0.2) is 4.98 Å². The van der Waals surface area contributed by atoms with Gasteiger partial charge in [-0.05, 0) is 30.5 Å². The van der Waals surface area contributed by atoms with Crippen LogP contribution < -0.4 is 10.9 Å². The van der Waals surface area contributed by atoms with Crippen LogP contribution in [0.5, 0.6) is 0 Å². The predicted molar refractivity (Wildman–Crippen MR) is 116 cm³/mol. The molecule has 0 aliphatic carbocycles. The average molecular weight is 379 g/mol. The summed E-state index contributed by atoms with van der Waals surface area (Å²) < 4.78 is 1.88. The summed E-state index contributed by atoms with van der Waals surface area (Å²) in [5.41, 5.74) is 1.98. The fourth-order valence-corrected chi connectivity index (χ4v) is 3.73. The lowest BCUT2D eigenvalue weighted by molar-refractivity contribution is -0.698. The second-order valence-electron chi connectivity index (χ2n) is 7.46. The Hall–Kier alpha value is -2.46. The first-order valence-electron chi connectivity index (χ1n) is 10.6. The van der Waals surface area contributed by atoms with Gasteiger partial charge in [-0.1, -0.05) is 69.2 Å². The van der Waals surface area contributed by atoms with Crippen LogP contribution in [0.3, 0.4) is 0 Å². The van der Waals surface area contributed by atoms with Crippen molar-refractivity contribution in [2.24, 2.45) is 0 Å². The first-order valence-corrected chi connectivity index (χ1v) is 10.6. The number of unbranched alkanes of at least 4 members (excludes halogenated alkanes) is 3. The maximum atomic E-state index is 13.3. The van der Waals surface area contributed by atoms with E-state index in [9.17, 15) is 4.79 Å². The van der Waals surface area contributed by atoms with Gasteiger partial charge < -0.3 is 5.32 Å². The molecule has 0 fully saturated rings. The number of nitrogens with two attached hydrogens (primary N) is 1. The molecule has 2 N–H and O–H groups in total. The number of aromatic nitrogens is 2. The van der Waals surface area contributed by atoms with Crippen molar-refractivity contribution in [3.63, 3.8) is 0 Å². The maximum Gasteiger partial charge on any atom is 0.261 e. The summed E-state index contributed by atoms with van der Waals surface area (Å²) in [6.45, 7) is 6.06. The van der Waals surface area contributed by atoms with Gasteiger partial charge in [0.25, 0.3) is 5.56 Å². The van der Waals surface area contributed by atoms with E-state index in [0.717, 1.165) is 29.9 Å². The molecule has 4 heteroatoms. The molecule has 0 aliphatic heterocycles. The van der Waals surface area contributed by atoms with Crippen LogP contribution in [-0.4, -0.2) is 16.1 Å². The Morgan fingerprint density at radius 2 is 1.71 bits per heavy atom. The topological polar surface area (TPSA) is 51.5 Å². The molecular formula is C24H32N3O+. The Labute approximate surface area is 167 Å². The van der Waals surface area contributed by atoms with Gasteiger partial charge in [-0.2, -0.15) is 0 Å². The minimum absolute atomic E-state index is 0.0577. The number of hydrogen-bond donors (Lipinski definition) is 1. The number of nitrogens with zero attached hydrogens (tertiary/aromatic N) is 2. The van der Waals surface area contributed by atoms with Crippen LogP contribution in [0, 0.1) is 0 Å². The molecule has 28 heavy (non-hydrogen) atoms. The highest BCUT2D eigenvalue weighted by molar-refractivity contribution is 5.77. The number of hydrogen-bond acceptors (Lipinski definition) is 2. The first-order chi connectivity index (χ1) is 13.7. The smallest absolute Gasteiger partial charge is 0.261 e. The summed E-state index contributed by atoms with van der Waals surface area (Å²) in [6.07, 6.45) is 5.97. The molecule has 2 aromatic carbocycles. The number of rotatable bonds is 10. The summed E-state index contributed by atoms with van der Waals surface area (Å²) in [4.78, 5) is 18.2. The Kier molecular flexibility index (Phi) is 7.38. The number of quaternary nitrogens is 1. The highest BCUT2D eigenvalue weighted by atomic mass is 16.1. The van der Waals surface area contributed by atoms with Gasteiger partial charge in [-0.3, -0.25) is 9.36 Å². The maximum absolute atomic E-state index is 13.3. The van der Waals surface area contributed by atoms with Crippen molar-refractivity contribution < 1.29 is 5.32 Å². The van der Waals surface area contributed by atoms with Crippen molar-refractivity contribution in [2.75, 3.05) is 6.54 Å². The molecule has 4 nitrogen and oxygen atoms in total. The van der Waals surface area contributed by atoms with Gasteiger partial charge in [0.05, 0.1) is 24.0 Å². The van der Waals surface area contributed by atoms with Crippen LogP contribution >= 0.6 is 0 Å². The van der Waals surface area contributed by atoms with Crippen LogP contribution in [0.25, 0.3) is 10.9 Å². The van der Waals surface area contributed by atoms with E-state index in [0.29, 0.717) is 11.9 Å². The van der Waals surface area contributed by atoms with Crippen LogP contribution in [0.15, 0.2) is 59.4 Å². The molecule has 1 aromatic heterocycles. The molecular weight excluding hydrogens is 346 g/mol. The van der Waals surface area contributed by atoms with E-state index in [-0.39, 0.29) is 11.6 Å². The molecule has 148 valence electrons. The molecule has 3 aromatic rings. The monoisotopic (exact) mass is 378 g/mol. The van der Waals surface area contributed by atoms with E-state index in [2.05, 4.69) is 31.3 Å². The molecule has 0 radical (unpaired) electrons. The van der Waals surface area contributed by atoms with Crippen molar-refractivity contribution in [2.45, 2.75) is 58.5 Å². The fraction of sp³-hybridized carbons (Fsp3) is 0.417. The second-order valence-corrected chi connectivity index (χ2v) is 7.46. The third-order valence-electron chi connectivity index (χ3n) is 5.36. The van der Waals surface area contributed by atoms with Crippen molar-refractivity contribution in [3.05, 3.63) is 76.3 Å². The van der Waals surface area contributed by atoms with E-state index in [4.69, 9.17) is 4.98 Å². The van der Waals surface area contributed by atoms with Crippen LogP contribution in [0.4, 0.5) is 0 Å². The van der Waals surface area contributed by atoms with Gasteiger partial charge in [0.15, 0.2) is 5.82 Å². The Bertz CT molecular complexity index is 933. The highest BCUT2D eigenvalue weighted by Gasteiger charge is 2.21. The fourth-order valence-electron chi connectivity index (χ4n) is 3.73. The Morgan fingerprint density at radius 1 is 0.964 bits per heavy atom. The summed E-state index contributed by atoms with van der Waals surface area (Å²) in [5, 5.41) is 3.06. The second kappa shape index (κ2) is 10.2. The summed E-state index contributed by atoms with van der Waals surface area (Å²) in [6, 6.07) is 18.1. The molecule has 3 rings (SSSR count). The lowest BCUT2D eigenvalue weighted by Crippen LogP contribution is -2.85. The Balaban J connectivity index is 1.96. The SMILES string of the molecule is CCCCCC[NH2+][C@H](CC)c1nc2ccccc2c(=O)n1Cc1ccccc1. The van der Waals surface area contributed by atoms with Crippen molar-refractivity contribution in [1.82, 2.24) is 9.55 Å². The normalized spacial score (nSPS) is 12.4. The molecule has 0 spiro atoms. The van der Waals surface area contributed by atoms with Crippen molar-refractivity contribution in [3.8, 4) is 0 Å². The van der Waals surface area contributed by atoms with Gasteiger partial charge in [0, 0.05) is 6.42 Å². The van der Waals surface area contributed by atoms with Gasteiger partial charge >= 0.3 is 0 Å². The molecule has 0 unspecified atom stereocenters. The standard InChI is InChI=1S/C24H31N3O/c1-3-5-6-12-17-25-21(4-2)23-26-22-16-11-10-15-20(22)24(28)27(23)18-19-13-8-7-9-14-19/h7-11,13-16,21,25H,3-6,12,17-18H2,1-2H3/p+1/t21-/m1/s1. The van der Waals surface area contributed by atoms with Crippen LogP contribution in [0.1, 0.15) is 63.4 Å². The molecule has 0 bridgehead atoms. The number of para-hydroxylation sites is 1. The van der Waals surface area contributed by atoms with Gasteiger partial charge in [0.1, 0.15) is 6.04 Å². The zero-order valence-electron chi connectivity index (χ0n) is 17.1. The third-order valence-corrected chi connectivity index (χ3v) is 5.36. The molecule has 0 amide bonds. The number of fused-ring (bicyclic) bond motifs is 1. The number of benzene rings is 2.